The number of aromatic amines is 1. The van der Waals surface area contributed by atoms with Crippen molar-refractivity contribution in [2.24, 2.45) is 0 Å². The van der Waals surface area contributed by atoms with Crippen LogP contribution < -0.4 is 10.5 Å². The van der Waals surface area contributed by atoms with E-state index >= 15 is 0 Å². The predicted molar refractivity (Wildman–Crippen MR) is 111 cm³/mol. The highest BCUT2D eigenvalue weighted by atomic mass is 19.4. The van der Waals surface area contributed by atoms with E-state index in [1.165, 1.54) is 6.07 Å². The standard InChI is InChI=1S/C19H17FN4O2.C2HF3O2/c20-14-6-2-4-8-16(14)23-9-11-24(12-10-23)19(26)17-21-15-7-3-1-5-13(15)18(25)22-17;3-2(4,5)1(6)7/h1-8H,9-12H2,(H,21,22,25);(H,6,7). The number of carboxylic acids is 1. The van der Waals surface area contributed by atoms with Gasteiger partial charge in [-0.3, -0.25) is 9.59 Å². The lowest BCUT2D eigenvalue weighted by Gasteiger charge is -2.35. The average molecular weight is 466 g/mol. The fourth-order valence-electron chi connectivity index (χ4n) is 3.20. The van der Waals surface area contributed by atoms with Crippen LogP contribution in [0, 0.1) is 5.82 Å². The molecule has 0 radical (unpaired) electrons. The summed E-state index contributed by atoms with van der Waals surface area (Å²) in [7, 11) is 0. The van der Waals surface area contributed by atoms with Crippen molar-refractivity contribution in [3.8, 4) is 0 Å². The average Bonchev–Trinajstić information content (AvgIpc) is 2.79. The Balaban J connectivity index is 0.000000383. The molecule has 2 aromatic carbocycles. The number of nitrogens with one attached hydrogen (secondary N) is 1. The number of benzene rings is 2. The molecule has 0 atom stereocenters. The first-order valence-corrected chi connectivity index (χ1v) is 9.66. The third kappa shape index (κ3) is 5.64. The van der Waals surface area contributed by atoms with Crippen molar-refractivity contribution >= 4 is 28.5 Å². The zero-order valence-corrected chi connectivity index (χ0v) is 17.0. The van der Waals surface area contributed by atoms with Crippen LogP contribution >= 0.6 is 0 Å². The van der Waals surface area contributed by atoms with Gasteiger partial charge in [0.2, 0.25) is 0 Å². The summed E-state index contributed by atoms with van der Waals surface area (Å²) in [6.45, 7) is 1.91. The molecule has 0 unspecified atom stereocenters. The molecule has 1 aromatic heterocycles. The maximum absolute atomic E-state index is 13.9. The number of anilines is 1. The van der Waals surface area contributed by atoms with Gasteiger partial charge in [-0.1, -0.05) is 24.3 Å². The van der Waals surface area contributed by atoms with Gasteiger partial charge >= 0.3 is 12.1 Å². The Labute approximate surface area is 184 Å². The Morgan fingerprint density at radius 2 is 1.55 bits per heavy atom. The minimum absolute atomic E-state index is 0.0352. The van der Waals surface area contributed by atoms with E-state index in [0.717, 1.165) is 0 Å². The first-order valence-electron chi connectivity index (χ1n) is 9.66. The van der Waals surface area contributed by atoms with Crippen molar-refractivity contribution in [1.29, 1.82) is 0 Å². The summed E-state index contributed by atoms with van der Waals surface area (Å²) >= 11 is 0. The van der Waals surface area contributed by atoms with E-state index < -0.39 is 12.1 Å². The molecule has 2 N–H and O–H groups in total. The number of fused-ring (bicyclic) bond motifs is 1. The zero-order chi connectivity index (χ0) is 24.2. The lowest BCUT2D eigenvalue weighted by Crippen LogP contribution is -2.49. The molecule has 1 saturated heterocycles. The van der Waals surface area contributed by atoms with Crippen LogP contribution in [0.2, 0.25) is 0 Å². The summed E-state index contributed by atoms with van der Waals surface area (Å²) in [5.41, 5.74) is 0.699. The van der Waals surface area contributed by atoms with E-state index in [-0.39, 0.29) is 23.1 Å². The largest absolute Gasteiger partial charge is 0.490 e. The second-order valence-corrected chi connectivity index (χ2v) is 6.97. The molecule has 0 saturated carbocycles. The summed E-state index contributed by atoms with van der Waals surface area (Å²) in [6, 6.07) is 13.5. The maximum atomic E-state index is 13.9. The van der Waals surface area contributed by atoms with Crippen LogP contribution in [0.15, 0.2) is 53.3 Å². The summed E-state index contributed by atoms with van der Waals surface area (Å²) in [6.07, 6.45) is -5.08. The van der Waals surface area contributed by atoms with Gasteiger partial charge in [-0.2, -0.15) is 13.2 Å². The number of hydrogen-bond acceptors (Lipinski definition) is 5. The highest BCUT2D eigenvalue weighted by Crippen LogP contribution is 2.20. The number of H-pyrrole nitrogens is 1. The van der Waals surface area contributed by atoms with Crippen molar-refractivity contribution in [3.63, 3.8) is 0 Å². The molecule has 1 aliphatic heterocycles. The monoisotopic (exact) mass is 466 g/mol. The second-order valence-electron chi connectivity index (χ2n) is 6.97. The van der Waals surface area contributed by atoms with Crippen LogP contribution in [0.4, 0.5) is 23.2 Å². The third-order valence-electron chi connectivity index (χ3n) is 4.82. The molecule has 12 heteroatoms. The van der Waals surface area contributed by atoms with Crippen molar-refractivity contribution in [3.05, 3.63) is 70.5 Å². The number of carbonyl (C=O) groups excluding carboxylic acids is 1. The van der Waals surface area contributed by atoms with Gasteiger partial charge in [0.1, 0.15) is 5.82 Å². The van der Waals surface area contributed by atoms with Gasteiger partial charge in [-0.15, -0.1) is 0 Å². The Bertz CT molecular complexity index is 1220. The zero-order valence-electron chi connectivity index (χ0n) is 17.0. The van der Waals surface area contributed by atoms with E-state index in [2.05, 4.69) is 9.97 Å². The number of halogens is 4. The lowest BCUT2D eigenvalue weighted by molar-refractivity contribution is -0.192. The minimum atomic E-state index is -5.08. The Hall–Kier alpha value is -3.96. The Kier molecular flexibility index (Phi) is 6.95. The fraction of sp³-hybridized carbons (Fsp3) is 0.238. The number of para-hydroxylation sites is 2. The summed E-state index contributed by atoms with van der Waals surface area (Å²) in [5.74, 6) is -3.31. The van der Waals surface area contributed by atoms with Gasteiger partial charge in [-0.25, -0.2) is 14.2 Å². The molecule has 4 rings (SSSR count). The van der Waals surface area contributed by atoms with E-state index in [1.807, 2.05) is 4.90 Å². The van der Waals surface area contributed by atoms with Crippen LogP contribution in [-0.2, 0) is 4.79 Å². The molecule has 1 aliphatic rings. The number of piperazine rings is 1. The maximum Gasteiger partial charge on any atom is 0.490 e. The van der Waals surface area contributed by atoms with E-state index in [1.54, 1.807) is 47.4 Å². The number of alkyl halides is 3. The smallest absolute Gasteiger partial charge is 0.475 e. The SMILES string of the molecule is O=C(O)C(F)(F)F.O=C(c1nc2ccccc2c(=O)[nH]1)N1CCN(c2ccccc2F)CC1. The van der Waals surface area contributed by atoms with Gasteiger partial charge in [0.15, 0.2) is 5.82 Å². The Morgan fingerprint density at radius 1 is 0.970 bits per heavy atom. The lowest BCUT2D eigenvalue weighted by atomic mass is 10.2. The normalized spacial score (nSPS) is 13.9. The van der Waals surface area contributed by atoms with Crippen LogP contribution in [0.25, 0.3) is 10.9 Å². The highest BCUT2D eigenvalue weighted by Gasteiger charge is 2.38. The summed E-state index contributed by atoms with van der Waals surface area (Å²) < 4.78 is 45.7. The topological polar surface area (TPSA) is 107 Å². The molecule has 1 amide bonds. The first-order chi connectivity index (χ1) is 15.6. The number of aliphatic carboxylic acids is 1. The number of rotatable bonds is 2. The summed E-state index contributed by atoms with van der Waals surface area (Å²) in [4.78, 5) is 44.1. The number of amides is 1. The quantitative estimate of drug-likeness (QED) is 0.563. The van der Waals surface area contributed by atoms with Crippen LogP contribution in [0.3, 0.4) is 0 Å². The van der Waals surface area contributed by atoms with Gasteiger partial charge in [0.05, 0.1) is 16.6 Å². The van der Waals surface area contributed by atoms with Gasteiger partial charge < -0.3 is 19.9 Å². The molecule has 174 valence electrons. The number of carbonyl (C=O) groups is 2. The summed E-state index contributed by atoms with van der Waals surface area (Å²) in [5, 5.41) is 7.58. The fourth-order valence-corrected chi connectivity index (χ4v) is 3.20. The first kappa shape index (κ1) is 23.7. The molecule has 0 spiro atoms. The molecule has 3 aromatic rings. The van der Waals surface area contributed by atoms with E-state index in [9.17, 15) is 27.2 Å². The third-order valence-corrected chi connectivity index (χ3v) is 4.82. The molecule has 2 heterocycles. The van der Waals surface area contributed by atoms with E-state index in [0.29, 0.717) is 42.8 Å². The molecule has 0 aliphatic carbocycles. The van der Waals surface area contributed by atoms with Crippen LogP contribution in [0.1, 0.15) is 10.6 Å². The minimum Gasteiger partial charge on any atom is -0.475 e. The second kappa shape index (κ2) is 9.67. The number of hydrogen-bond donors (Lipinski definition) is 2. The molecule has 8 nitrogen and oxygen atoms in total. The Morgan fingerprint density at radius 3 is 2.15 bits per heavy atom. The van der Waals surface area contributed by atoms with Crippen LogP contribution in [-0.4, -0.2) is 64.2 Å². The van der Waals surface area contributed by atoms with Gasteiger partial charge in [0, 0.05) is 26.2 Å². The molecular weight excluding hydrogens is 448 g/mol. The molecular formula is C21H18F4N4O4. The van der Waals surface area contributed by atoms with Gasteiger partial charge in [-0.05, 0) is 24.3 Å². The van der Waals surface area contributed by atoms with Crippen molar-refractivity contribution in [2.45, 2.75) is 6.18 Å². The highest BCUT2D eigenvalue weighted by molar-refractivity contribution is 5.92. The van der Waals surface area contributed by atoms with Crippen molar-refractivity contribution in [2.75, 3.05) is 31.1 Å². The van der Waals surface area contributed by atoms with Crippen molar-refractivity contribution in [1.82, 2.24) is 14.9 Å². The predicted octanol–water partition coefficient (Wildman–Crippen LogP) is 2.66. The molecule has 33 heavy (non-hydrogen) atoms. The number of aromatic nitrogens is 2. The van der Waals surface area contributed by atoms with E-state index in [4.69, 9.17) is 9.90 Å². The van der Waals surface area contributed by atoms with Gasteiger partial charge in [0.25, 0.3) is 11.5 Å². The van der Waals surface area contributed by atoms with Crippen LogP contribution in [0.5, 0.6) is 0 Å². The number of nitrogens with zero attached hydrogens (tertiary/aromatic N) is 3. The number of carboxylic acid groups (broad SMARTS) is 1. The molecule has 1 fully saturated rings. The molecule has 0 bridgehead atoms. The van der Waals surface area contributed by atoms with Crippen molar-refractivity contribution < 1.29 is 32.3 Å².